The molecule has 0 heterocycles. The summed E-state index contributed by atoms with van der Waals surface area (Å²) in [6.45, 7) is 0. The van der Waals surface area contributed by atoms with E-state index in [1.165, 1.54) is 13.2 Å². The first-order valence-corrected chi connectivity index (χ1v) is 5.82. The zero-order valence-electron chi connectivity index (χ0n) is 7.53. The molecule has 6 heteroatoms. The molecule has 0 aromatic heterocycles. The Morgan fingerprint density at radius 2 is 2.07 bits per heavy atom. The van der Waals surface area contributed by atoms with Crippen LogP contribution in [0.4, 0.5) is 0 Å². The summed E-state index contributed by atoms with van der Waals surface area (Å²) < 4.78 is 30.2. The van der Waals surface area contributed by atoms with E-state index in [2.05, 4.69) is 4.72 Å². The van der Waals surface area contributed by atoms with Gasteiger partial charge in [-0.1, -0.05) is 12.1 Å². The Morgan fingerprint density at radius 3 is 2.64 bits per heavy atom. The van der Waals surface area contributed by atoms with Crippen molar-refractivity contribution in [2.45, 2.75) is 4.90 Å². The number of nitrogens with one attached hydrogen (secondary N) is 1. The van der Waals surface area contributed by atoms with Gasteiger partial charge < -0.3 is 4.74 Å². The first-order valence-electron chi connectivity index (χ1n) is 3.80. The number of para-hydroxylation sites is 1. The zero-order valence-corrected chi connectivity index (χ0v) is 9.10. The minimum atomic E-state index is -3.56. The molecule has 4 nitrogen and oxygen atoms in total. The van der Waals surface area contributed by atoms with Crippen LogP contribution in [0.3, 0.4) is 0 Å². The maximum atomic E-state index is 11.5. The molecule has 0 saturated carbocycles. The van der Waals surface area contributed by atoms with Crippen LogP contribution < -0.4 is 9.46 Å². The third kappa shape index (κ3) is 2.37. The van der Waals surface area contributed by atoms with Gasteiger partial charge in [0.15, 0.2) is 0 Å². The highest BCUT2D eigenvalue weighted by Crippen LogP contribution is 2.22. The normalized spacial score (nSPS) is 11.3. The van der Waals surface area contributed by atoms with Gasteiger partial charge >= 0.3 is 0 Å². The largest absolute Gasteiger partial charge is 0.495 e. The third-order valence-corrected chi connectivity index (χ3v) is 3.34. The lowest BCUT2D eigenvalue weighted by molar-refractivity contribution is 0.402. The van der Waals surface area contributed by atoms with Crippen LogP contribution in [0.25, 0.3) is 0 Å². The Kier molecular flexibility index (Phi) is 3.74. The summed E-state index contributed by atoms with van der Waals surface area (Å²) in [7, 11) is -2.15. The molecule has 1 N–H and O–H groups in total. The molecule has 0 aliphatic heterocycles. The van der Waals surface area contributed by atoms with Gasteiger partial charge in [-0.15, -0.1) is 11.6 Å². The Hall–Kier alpha value is -0.780. The first kappa shape index (κ1) is 11.3. The molecule has 14 heavy (non-hydrogen) atoms. The first-order chi connectivity index (χ1) is 6.61. The standard InChI is InChI=1S/C8H10ClNO3S/c1-13-7-4-2-3-5-8(7)14(11,12)10-6-9/h2-5,10H,6H2,1H3. The maximum absolute atomic E-state index is 11.5. The molecule has 0 saturated heterocycles. The van der Waals surface area contributed by atoms with Gasteiger partial charge in [0.25, 0.3) is 0 Å². The number of rotatable bonds is 4. The van der Waals surface area contributed by atoms with Gasteiger partial charge in [-0.25, -0.2) is 8.42 Å². The van der Waals surface area contributed by atoms with Crippen molar-refractivity contribution >= 4 is 21.6 Å². The predicted octanol–water partition coefficient (Wildman–Crippen LogP) is 1.17. The minimum absolute atomic E-state index is 0.0863. The zero-order chi connectivity index (χ0) is 10.6. The smallest absolute Gasteiger partial charge is 0.245 e. The summed E-state index contributed by atoms with van der Waals surface area (Å²) in [5.41, 5.74) is 0. The van der Waals surface area contributed by atoms with Crippen molar-refractivity contribution in [3.8, 4) is 5.75 Å². The second-order valence-electron chi connectivity index (χ2n) is 2.43. The topological polar surface area (TPSA) is 55.4 Å². The number of ether oxygens (including phenoxy) is 1. The van der Waals surface area contributed by atoms with Crippen molar-refractivity contribution in [2.75, 3.05) is 13.1 Å². The van der Waals surface area contributed by atoms with Crippen molar-refractivity contribution in [1.82, 2.24) is 4.72 Å². The number of methoxy groups -OCH3 is 1. The monoisotopic (exact) mass is 235 g/mol. The lowest BCUT2D eigenvalue weighted by Gasteiger charge is -2.08. The van der Waals surface area contributed by atoms with Gasteiger partial charge in [-0.05, 0) is 12.1 Å². The van der Waals surface area contributed by atoms with Gasteiger partial charge in [-0.3, -0.25) is 0 Å². The number of benzene rings is 1. The quantitative estimate of drug-likeness (QED) is 0.630. The van der Waals surface area contributed by atoms with Crippen LogP contribution >= 0.6 is 11.6 Å². The summed E-state index contributed by atoms with van der Waals surface area (Å²) in [5, 5.41) is 0. The van der Waals surface area contributed by atoms with Crippen LogP contribution in [-0.4, -0.2) is 21.5 Å². The van der Waals surface area contributed by atoms with E-state index in [1.807, 2.05) is 0 Å². The molecular formula is C8H10ClNO3S. The average Bonchev–Trinajstić information content (AvgIpc) is 2.18. The second-order valence-corrected chi connectivity index (χ2v) is 4.43. The molecule has 0 atom stereocenters. The van der Waals surface area contributed by atoms with Crippen LogP contribution in [0.15, 0.2) is 29.2 Å². The summed E-state index contributed by atoms with van der Waals surface area (Å²) in [4.78, 5) is 0.0863. The molecular weight excluding hydrogens is 226 g/mol. The minimum Gasteiger partial charge on any atom is -0.495 e. The van der Waals surface area contributed by atoms with E-state index < -0.39 is 10.0 Å². The van der Waals surface area contributed by atoms with Gasteiger partial charge in [0.05, 0.1) is 13.1 Å². The molecule has 0 radical (unpaired) electrons. The van der Waals surface area contributed by atoms with Crippen LogP contribution in [0.2, 0.25) is 0 Å². The van der Waals surface area contributed by atoms with Gasteiger partial charge in [0, 0.05) is 0 Å². The van der Waals surface area contributed by atoms with Gasteiger partial charge in [0.1, 0.15) is 10.6 Å². The molecule has 0 aliphatic rings. The van der Waals surface area contributed by atoms with E-state index in [4.69, 9.17) is 16.3 Å². The summed E-state index contributed by atoms with van der Waals surface area (Å²) >= 11 is 5.30. The van der Waals surface area contributed by atoms with Gasteiger partial charge in [-0.2, -0.15) is 4.72 Å². The molecule has 0 bridgehead atoms. The van der Waals surface area contributed by atoms with Crippen LogP contribution in [-0.2, 0) is 10.0 Å². The molecule has 0 amide bonds. The Labute approximate surface area is 87.9 Å². The second kappa shape index (κ2) is 4.63. The van der Waals surface area contributed by atoms with Crippen LogP contribution in [0.5, 0.6) is 5.75 Å². The fraction of sp³-hybridized carbons (Fsp3) is 0.250. The lowest BCUT2D eigenvalue weighted by atomic mass is 10.3. The molecule has 1 aromatic rings. The summed E-state index contributed by atoms with van der Waals surface area (Å²) in [5.74, 6) is 0.296. The van der Waals surface area contributed by atoms with E-state index >= 15 is 0 Å². The molecule has 0 aliphatic carbocycles. The van der Waals surface area contributed by atoms with Crippen molar-refractivity contribution in [2.24, 2.45) is 0 Å². The number of halogens is 1. The van der Waals surface area contributed by atoms with Crippen molar-refractivity contribution < 1.29 is 13.2 Å². The van der Waals surface area contributed by atoms with Crippen molar-refractivity contribution in [1.29, 1.82) is 0 Å². The predicted molar refractivity (Wildman–Crippen MR) is 54.0 cm³/mol. The average molecular weight is 236 g/mol. The fourth-order valence-corrected chi connectivity index (χ4v) is 2.39. The van der Waals surface area contributed by atoms with Crippen molar-refractivity contribution in [3.63, 3.8) is 0 Å². The highest BCUT2D eigenvalue weighted by molar-refractivity contribution is 7.89. The Bertz CT molecular complexity index is 405. The van der Waals surface area contributed by atoms with E-state index in [-0.39, 0.29) is 10.9 Å². The van der Waals surface area contributed by atoms with E-state index in [0.29, 0.717) is 5.75 Å². The number of sulfonamides is 1. The SMILES string of the molecule is COc1ccccc1S(=O)(=O)NCCl. The fourth-order valence-electron chi connectivity index (χ4n) is 0.990. The lowest BCUT2D eigenvalue weighted by Crippen LogP contribution is -2.22. The molecule has 78 valence electrons. The summed E-state index contributed by atoms with van der Waals surface area (Å²) in [6.07, 6.45) is 0. The Balaban J connectivity index is 3.18. The number of hydrogen-bond donors (Lipinski definition) is 1. The highest BCUT2D eigenvalue weighted by Gasteiger charge is 2.17. The van der Waals surface area contributed by atoms with E-state index in [1.54, 1.807) is 18.2 Å². The Morgan fingerprint density at radius 1 is 1.43 bits per heavy atom. The van der Waals surface area contributed by atoms with Crippen LogP contribution in [0.1, 0.15) is 0 Å². The van der Waals surface area contributed by atoms with Crippen molar-refractivity contribution in [3.05, 3.63) is 24.3 Å². The number of alkyl halides is 1. The van der Waals surface area contributed by atoms with Crippen LogP contribution in [0, 0.1) is 0 Å². The van der Waals surface area contributed by atoms with E-state index in [9.17, 15) is 8.42 Å². The molecule has 1 rings (SSSR count). The summed E-state index contributed by atoms with van der Waals surface area (Å²) in [6, 6.07) is 6.17. The third-order valence-electron chi connectivity index (χ3n) is 1.60. The maximum Gasteiger partial charge on any atom is 0.245 e. The molecule has 0 fully saturated rings. The number of hydrogen-bond acceptors (Lipinski definition) is 3. The molecule has 0 spiro atoms. The molecule has 1 aromatic carbocycles. The highest BCUT2D eigenvalue weighted by atomic mass is 35.5. The molecule has 0 unspecified atom stereocenters. The van der Waals surface area contributed by atoms with E-state index in [0.717, 1.165) is 0 Å². The van der Waals surface area contributed by atoms with Gasteiger partial charge in [0.2, 0.25) is 10.0 Å².